The Hall–Kier alpha value is -3.65. The number of anilines is 2. The smallest absolute Gasteiger partial charge is 0.328 e. The van der Waals surface area contributed by atoms with Crippen molar-refractivity contribution in [3.8, 4) is 0 Å². The van der Waals surface area contributed by atoms with Gasteiger partial charge in [-0.2, -0.15) is 0 Å². The van der Waals surface area contributed by atoms with Crippen LogP contribution in [0.3, 0.4) is 0 Å². The van der Waals surface area contributed by atoms with Crippen LogP contribution in [0.1, 0.15) is 15.9 Å². The summed E-state index contributed by atoms with van der Waals surface area (Å²) in [4.78, 5) is 24.6. The van der Waals surface area contributed by atoms with E-state index in [1.165, 1.54) is 23.1 Å². The van der Waals surface area contributed by atoms with Crippen LogP contribution in [0.25, 0.3) is 16.8 Å². The second kappa shape index (κ2) is 6.75. The van der Waals surface area contributed by atoms with Crippen molar-refractivity contribution >= 4 is 50.1 Å². The number of nitrogens with one attached hydrogen (secondary N) is 1. The fourth-order valence-electron chi connectivity index (χ4n) is 3.43. The quantitative estimate of drug-likeness (QED) is 0.630. The van der Waals surface area contributed by atoms with Crippen molar-refractivity contribution in [3.63, 3.8) is 0 Å². The first-order chi connectivity index (χ1) is 13.8. The molecule has 0 aromatic heterocycles. The number of aliphatic carboxylic acids is 1. The van der Waals surface area contributed by atoms with Crippen LogP contribution in [-0.4, -0.2) is 32.4 Å². The summed E-state index contributed by atoms with van der Waals surface area (Å²) < 4.78 is 28.7. The van der Waals surface area contributed by atoms with Crippen LogP contribution in [0.15, 0.2) is 65.6 Å². The van der Waals surface area contributed by atoms with Crippen LogP contribution in [0, 0.1) is 0 Å². The van der Waals surface area contributed by atoms with Gasteiger partial charge >= 0.3 is 5.97 Å². The van der Waals surface area contributed by atoms with Crippen LogP contribution in [0.4, 0.5) is 11.4 Å². The summed E-state index contributed by atoms with van der Waals surface area (Å²) in [5, 5.41) is 9.82. The van der Waals surface area contributed by atoms with Gasteiger partial charge in [0.15, 0.2) is 0 Å². The minimum atomic E-state index is -3.95. The molecule has 3 aromatic rings. The maximum Gasteiger partial charge on any atom is 0.328 e. The van der Waals surface area contributed by atoms with E-state index < -0.39 is 16.0 Å². The molecular formula is C21H16N2O5S. The number of hydrogen-bond donors (Lipinski definition) is 2. The average molecular weight is 408 g/mol. The van der Waals surface area contributed by atoms with Crippen LogP contribution in [-0.2, 0) is 14.8 Å². The molecule has 0 atom stereocenters. The van der Waals surface area contributed by atoms with Crippen LogP contribution in [0.5, 0.6) is 0 Å². The number of benzene rings is 3. The molecule has 0 radical (unpaired) electrons. The number of hydrogen-bond acceptors (Lipinski definition) is 4. The summed E-state index contributed by atoms with van der Waals surface area (Å²) in [7, 11) is -2.30. The molecular weight excluding hydrogens is 392 g/mol. The lowest BCUT2D eigenvalue weighted by atomic mass is 10.1. The molecule has 4 rings (SSSR count). The van der Waals surface area contributed by atoms with Gasteiger partial charge in [-0.05, 0) is 42.0 Å². The molecule has 1 amide bonds. The number of carboxylic acid groups (broad SMARTS) is 1. The predicted molar refractivity (Wildman–Crippen MR) is 111 cm³/mol. The Kier molecular flexibility index (Phi) is 4.35. The van der Waals surface area contributed by atoms with Crippen molar-refractivity contribution in [2.24, 2.45) is 0 Å². The number of rotatable bonds is 5. The first-order valence-electron chi connectivity index (χ1n) is 8.65. The standard InChI is InChI=1S/C21H16N2O5S/c1-23-17-9-10-18(15-6-3-7-16(20(15)17)21(23)26)29(27,28)22-14-5-2-4-13(12-14)8-11-19(24)25/h2-12,22H,1H3,(H,24,25)/b11-8+. The lowest BCUT2D eigenvalue weighted by Gasteiger charge is -2.13. The Morgan fingerprint density at radius 1 is 1.10 bits per heavy atom. The van der Waals surface area contributed by atoms with Crippen molar-refractivity contribution in [1.29, 1.82) is 0 Å². The highest BCUT2D eigenvalue weighted by Gasteiger charge is 2.30. The summed E-state index contributed by atoms with van der Waals surface area (Å²) in [6.45, 7) is 0. The van der Waals surface area contributed by atoms with Gasteiger partial charge in [0.1, 0.15) is 0 Å². The second-order valence-corrected chi connectivity index (χ2v) is 8.23. The van der Waals surface area contributed by atoms with E-state index in [0.29, 0.717) is 33.3 Å². The first-order valence-corrected chi connectivity index (χ1v) is 10.1. The van der Waals surface area contributed by atoms with E-state index in [4.69, 9.17) is 5.11 Å². The number of carbonyl (C=O) groups excluding carboxylic acids is 1. The molecule has 0 unspecified atom stereocenters. The van der Waals surface area contributed by atoms with Crippen molar-refractivity contribution in [1.82, 2.24) is 0 Å². The van der Waals surface area contributed by atoms with Gasteiger partial charge in [-0.25, -0.2) is 13.2 Å². The second-order valence-electron chi connectivity index (χ2n) is 6.58. The molecule has 2 N–H and O–H groups in total. The first kappa shape index (κ1) is 18.7. The normalized spacial score (nSPS) is 13.4. The zero-order valence-corrected chi connectivity index (χ0v) is 16.1. The lowest BCUT2D eigenvalue weighted by molar-refractivity contribution is -0.131. The van der Waals surface area contributed by atoms with Crippen molar-refractivity contribution < 1.29 is 23.1 Å². The number of carboxylic acids is 1. The Morgan fingerprint density at radius 3 is 2.62 bits per heavy atom. The molecule has 0 spiro atoms. The van der Waals surface area contributed by atoms with Crippen LogP contribution >= 0.6 is 0 Å². The minimum absolute atomic E-state index is 0.0627. The molecule has 1 aliphatic heterocycles. The van der Waals surface area contributed by atoms with Gasteiger partial charge < -0.3 is 10.0 Å². The number of nitrogens with zero attached hydrogens (tertiary/aromatic N) is 1. The van der Waals surface area contributed by atoms with Crippen molar-refractivity contribution in [2.45, 2.75) is 4.90 Å². The maximum atomic E-state index is 13.1. The summed E-state index contributed by atoms with van der Waals surface area (Å²) in [6.07, 6.45) is 2.35. The van der Waals surface area contributed by atoms with Crippen molar-refractivity contribution in [2.75, 3.05) is 16.7 Å². The maximum absolute atomic E-state index is 13.1. The predicted octanol–water partition coefficient (Wildman–Crippen LogP) is 3.33. The molecule has 1 heterocycles. The SMILES string of the molecule is CN1C(=O)c2cccc3c(S(=O)(=O)Nc4cccc(/C=C/C(=O)O)c4)ccc1c23. The molecule has 29 heavy (non-hydrogen) atoms. The van der Waals surface area contributed by atoms with E-state index in [0.717, 1.165) is 6.08 Å². The molecule has 0 saturated carbocycles. The monoisotopic (exact) mass is 408 g/mol. The van der Waals surface area contributed by atoms with E-state index in [1.54, 1.807) is 49.5 Å². The Morgan fingerprint density at radius 2 is 1.86 bits per heavy atom. The number of sulfonamides is 1. The Bertz CT molecular complexity index is 1310. The molecule has 7 nitrogen and oxygen atoms in total. The van der Waals surface area contributed by atoms with Gasteiger partial charge in [0.2, 0.25) is 0 Å². The van der Waals surface area contributed by atoms with E-state index >= 15 is 0 Å². The number of amides is 1. The van der Waals surface area contributed by atoms with Gasteiger partial charge in [-0.3, -0.25) is 9.52 Å². The van der Waals surface area contributed by atoms with Gasteiger partial charge in [-0.15, -0.1) is 0 Å². The largest absolute Gasteiger partial charge is 0.478 e. The Balaban J connectivity index is 1.77. The fraction of sp³-hybridized carbons (Fsp3) is 0.0476. The summed E-state index contributed by atoms with van der Waals surface area (Å²) in [5.41, 5.74) is 1.98. The van der Waals surface area contributed by atoms with Gasteiger partial charge in [0.25, 0.3) is 15.9 Å². The van der Waals surface area contributed by atoms with Crippen molar-refractivity contribution in [3.05, 3.63) is 71.8 Å². The molecule has 146 valence electrons. The molecule has 0 fully saturated rings. The highest BCUT2D eigenvalue weighted by atomic mass is 32.2. The highest BCUT2D eigenvalue weighted by Crippen LogP contribution is 2.39. The fourth-order valence-corrected chi connectivity index (χ4v) is 4.68. The lowest BCUT2D eigenvalue weighted by Crippen LogP contribution is -2.20. The molecule has 3 aromatic carbocycles. The zero-order chi connectivity index (χ0) is 20.8. The third kappa shape index (κ3) is 3.23. The Labute approximate surface area is 166 Å². The summed E-state index contributed by atoms with van der Waals surface area (Å²) in [6, 6.07) is 14.5. The zero-order valence-electron chi connectivity index (χ0n) is 15.3. The van der Waals surface area contributed by atoms with Crippen LogP contribution in [0.2, 0.25) is 0 Å². The third-order valence-electron chi connectivity index (χ3n) is 4.72. The molecule has 8 heteroatoms. The molecule has 0 bridgehead atoms. The average Bonchev–Trinajstić information content (AvgIpc) is 2.93. The molecule has 1 aliphatic rings. The van der Waals surface area contributed by atoms with E-state index in [1.807, 2.05) is 0 Å². The summed E-state index contributed by atoms with van der Waals surface area (Å²) >= 11 is 0. The van der Waals surface area contributed by atoms with Gasteiger partial charge in [-0.1, -0.05) is 24.3 Å². The minimum Gasteiger partial charge on any atom is -0.478 e. The van der Waals surface area contributed by atoms with Gasteiger partial charge in [0.05, 0.1) is 10.6 Å². The molecule has 0 aliphatic carbocycles. The molecule has 0 saturated heterocycles. The summed E-state index contributed by atoms with van der Waals surface area (Å²) in [5.74, 6) is -1.27. The third-order valence-corrected chi connectivity index (χ3v) is 6.16. The van der Waals surface area contributed by atoms with Gasteiger partial charge in [0, 0.05) is 35.1 Å². The van der Waals surface area contributed by atoms with E-state index in [9.17, 15) is 18.0 Å². The van der Waals surface area contributed by atoms with Crippen LogP contribution < -0.4 is 9.62 Å². The number of carbonyl (C=O) groups is 2. The van der Waals surface area contributed by atoms with E-state index in [2.05, 4.69) is 4.72 Å². The topological polar surface area (TPSA) is 104 Å². The van der Waals surface area contributed by atoms with E-state index in [-0.39, 0.29) is 10.8 Å². The highest BCUT2D eigenvalue weighted by molar-refractivity contribution is 7.93.